The van der Waals surface area contributed by atoms with Crippen LogP contribution in [0.25, 0.3) is 0 Å². The molecule has 3 aliphatic rings. The van der Waals surface area contributed by atoms with Gasteiger partial charge >= 0.3 is 5.97 Å². The molecule has 4 unspecified atom stereocenters. The zero-order chi connectivity index (χ0) is 15.0. The first kappa shape index (κ1) is 15.1. The lowest BCUT2D eigenvalue weighted by molar-refractivity contribution is -0.201. The van der Waals surface area contributed by atoms with Gasteiger partial charge in [0.2, 0.25) is 0 Å². The molecule has 0 heterocycles. The highest BCUT2D eigenvalue weighted by molar-refractivity contribution is 5.87. The molecule has 118 valence electrons. The van der Waals surface area contributed by atoms with Gasteiger partial charge in [-0.15, -0.1) is 0 Å². The van der Waals surface area contributed by atoms with Crippen LogP contribution in [0.5, 0.6) is 0 Å². The number of ether oxygens (including phenoxy) is 1. The molecule has 21 heavy (non-hydrogen) atoms. The van der Waals surface area contributed by atoms with E-state index in [0.717, 1.165) is 38.5 Å². The number of aliphatic hydroxyl groups is 1. The van der Waals surface area contributed by atoms with Crippen LogP contribution in [0.2, 0.25) is 0 Å². The van der Waals surface area contributed by atoms with Gasteiger partial charge in [0, 0.05) is 11.5 Å². The van der Waals surface area contributed by atoms with Gasteiger partial charge in [0.05, 0.1) is 5.60 Å². The Kier molecular flexibility index (Phi) is 4.13. The summed E-state index contributed by atoms with van der Waals surface area (Å²) in [6.45, 7) is 5.38. The average Bonchev–Trinajstić information content (AvgIpc) is 2.47. The average molecular weight is 292 g/mol. The molecule has 0 aromatic heterocycles. The van der Waals surface area contributed by atoms with E-state index in [9.17, 15) is 9.90 Å². The van der Waals surface area contributed by atoms with E-state index < -0.39 is 5.60 Å². The molecule has 3 aliphatic carbocycles. The zero-order valence-electron chi connectivity index (χ0n) is 13.1. The molecule has 1 N–H and O–H groups in total. The second kappa shape index (κ2) is 5.75. The van der Waals surface area contributed by atoms with Gasteiger partial charge in [-0.1, -0.05) is 32.3 Å². The first-order valence-electron chi connectivity index (χ1n) is 8.61. The fourth-order valence-corrected chi connectivity index (χ4v) is 5.15. The summed E-state index contributed by atoms with van der Waals surface area (Å²) in [7, 11) is 0. The molecular weight excluding hydrogens is 264 g/mol. The molecule has 0 saturated heterocycles. The topological polar surface area (TPSA) is 46.5 Å². The summed E-state index contributed by atoms with van der Waals surface area (Å²) < 4.78 is 5.74. The maximum Gasteiger partial charge on any atom is 0.333 e. The van der Waals surface area contributed by atoms with Crippen molar-refractivity contribution in [2.75, 3.05) is 0 Å². The second-order valence-electron chi connectivity index (χ2n) is 7.45. The fraction of sp³-hybridized carbons (Fsp3) is 0.833. The highest BCUT2D eigenvalue weighted by atomic mass is 16.5. The molecule has 3 nitrogen and oxygen atoms in total. The SMILES string of the molecule is C=C(C)C(=O)O[C@@H]1CC2CCCCC2C2(O)CCCCC12. The quantitative estimate of drug-likeness (QED) is 0.625. The molecule has 0 radical (unpaired) electrons. The summed E-state index contributed by atoms with van der Waals surface area (Å²) in [5.41, 5.74) is -0.137. The van der Waals surface area contributed by atoms with Crippen molar-refractivity contribution in [3.63, 3.8) is 0 Å². The monoisotopic (exact) mass is 292 g/mol. The lowest BCUT2D eigenvalue weighted by Crippen LogP contribution is -2.59. The standard InChI is InChI=1S/C18H28O3/c1-12(2)17(19)21-16-11-13-7-3-4-8-14(13)18(20)10-6-5-9-15(16)18/h13-16,20H,1,3-11H2,2H3/t13?,14?,15?,16-,18?/m1/s1. The third-order valence-electron chi connectivity index (χ3n) is 6.13. The summed E-state index contributed by atoms with van der Waals surface area (Å²) >= 11 is 0. The Morgan fingerprint density at radius 3 is 2.57 bits per heavy atom. The molecule has 3 rings (SSSR count). The minimum Gasteiger partial charge on any atom is -0.459 e. The van der Waals surface area contributed by atoms with Crippen LogP contribution in [-0.2, 0) is 9.53 Å². The first-order valence-corrected chi connectivity index (χ1v) is 8.61. The van der Waals surface area contributed by atoms with Gasteiger partial charge in [-0.2, -0.15) is 0 Å². The van der Waals surface area contributed by atoms with Gasteiger partial charge in [-0.3, -0.25) is 0 Å². The van der Waals surface area contributed by atoms with Gasteiger partial charge in [-0.05, 0) is 50.9 Å². The number of carbonyl (C=O) groups excluding carboxylic acids is 1. The predicted octanol–water partition coefficient (Wildman–Crippen LogP) is 3.61. The summed E-state index contributed by atoms with van der Waals surface area (Å²) in [5.74, 6) is 0.799. The molecule has 0 bridgehead atoms. The Hall–Kier alpha value is -0.830. The van der Waals surface area contributed by atoms with Crippen LogP contribution in [-0.4, -0.2) is 22.8 Å². The lowest BCUT2D eigenvalue weighted by Gasteiger charge is -2.56. The molecule has 3 heteroatoms. The third kappa shape index (κ3) is 2.65. The van der Waals surface area contributed by atoms with Crippen molar-refractivity contribution in [3.8, 4) is 0 Å². The molecule has 5 atom stereocenters. The largest absolute Gasteiger partial charge is 0.459 e. The van der Waals surface area contributed by atoms with Crippen LogP contribution in [0.3, 0.4) is 0 Å². The molecule has 3 saturated carbocycles. The van der Waals surface area contributed by atoms with Gasteiger partial charge < -0.3 is 9.84 Å². The fourth-order valence-electron chi connectivity index (χ4n) is 5.15. The van der Waals surface area contributed by atoms with E-state index in [0.29, 0.717) is 17.4 Å². The van der Waals surface area contributed by atoms with Crippen LogP contribution in [0.15, 0.2) is 12.2 Å². The number of esters is 1. The minimum absolute atomic E-state index is 0.112. The first-order chi connectivity index (χ1) is 10.0. The van der Waals surface area contributed by atoms with Crippen LogP contribution in [0.1, 0.15) is 64.7 Å². The molecule has 0 amide bonds. The highest BCUT2D eigenvalue weighted by Crippen LogP contribution is 2.54. The maximum atomic E-state index is 11.9. The molecule has 0 aromatic rings. The Labute approximate surface area is 127 Å². The molecule has 0 aliphatic heterocycles. The maximum absolute atomic E-state index is 11.9. The van der Waals surface area contributed by atoms with Gasteiger partial charge in [0.1, 0.15) is 6.10 Å². The van der Waals surface area contributed by atoms with Crippen LogP contribution in [0.4, 0.5) is 0 Å². The van der Waals surface area contributed by atoms with E-state index in [1.807, 2.05) is 0 Å². The van der Waals surface area contributed by atoms with Crippen molar-refractivity contribution in [2.45, 2.75) is 76.4 Å². The van der Waals surface area contributed by atoms with E-state index in [-0.39, 0.29) is 18.0 Å². The number of carbonyl (C=O) groups is 1. The number of rotatable bonds is 2. The smallest absolute Gasteiger partial charge is 0.333 e. The molecular formula is C18H28O3. The summed E-state index contributed by atoms with van der Waals surface area (Å²) in [6.07, 6.45) is 9.79. The van der Waals surface area contributed by atoms with Gasteiger partial charge in [-0.25, -0.2) is 4.79 Å². The van der Waals surface area contributed by atoms with E-state index >= 15 is 0 Å². The van der Waals surface area contributed by atoms with E-state index in [4.69, 9.17) is 4.74 Å². The van der Waals surface area contributed by atoms with Crippen molar-refractivity contribution in [2.24, 2.45) is 17.8 Å². The minimum atomic E-state index is -0.596. The number of fused-ring (bicyclic) bond motifs is 3. The Morgan fingerprint density at radius 2 is 1.81 bits per heavy atom. The third-order valence-corrected chi connectivity index (χ3v) is 6.13. The molecule has 3 fully saturated rings. The normalized spacial score (nSPS) is 42.6. The van der Waals surface area contributed by atoms with Gasteiger partial charge in [0.25, 0.3) is 0 Å². The van der Waals surface area contributed by atoms with Crippen molar-refractivity contribution >= 4 is 5.97 Å². The van der Waals surface area contributed by atoms with Gasteiger partial charge in [0.15, 0.2) is 0 Å². The predicted molar refractivity (Wildman–Crippen MR) is 81.7 cm³/mol. The lowest BCUT2D eigenvalue weighted by atomic mass is 9.54. The van der Waals surface area contributed by atoms with Crippen molar-refractivity contribution in [3.05, 3.63) is 12.2 Å². The summed E-state index contributed by atoms with van der Waals surface area (Å²) in [6, 6.07) is 0. The van der Waals surface area contributed by atoms with Crippen molar-refractivity contribution < 1.29 is 14.6 Å². The Bertz CT molecular complexity index is 430. The molecule has 0 aromatic carbocycles. The van der Waals surface area contributed by atoms with Crippen LogP contribution < -0.4 is 0 Å². The Morgan fingerprint density at radius 1 is 1.14 bits per heavy atom. The Balaban J connectivity index is 1.84. The number of hydrogen-bond donors (Lipinski definition) is 1. The van der Waals surface area contributed by atoms with Crippen molar-refractivity contribution in [1.29, 1.82) is 0 Å². The summed E-state index contributed by atoms with van der Waals surface area (Å²) in [4.78, 5) is 11.9. The summed E-state index contributed by atoms with van der Waals surface area (Å²) in [5, 5.41) is 11.4. The van der Waals surface area contributed by atoms with E-state index in [1.54, 1.807) is 6.92 Å². The van der Waals surface area contributed by atoms with E-state index in [1.165, 1.54) is 19.3 Å². The van der Waals surface area contributed by atoms with Crippen LogP contribution in [0, 0.1) is 17.8 Å². The second-order valence-corrected chi connectivity index (χ2v) is 7.45. The van der Waals surface area contributed by atoms with Crippen molar-refractivity contribution in [1.82, 2.24) is 0 Å². The van der Waals surface area contributed by atoms with E-state index in [2.05, 4.69) is 6.58 Å². The zero-order valence-corrected chi connectivity index (χ0v) is 13.1. The number of hydrogen-bond acceptors (Lipinski definition) is 3. The van der Waals surface area contributed by atoms with Crippen LogP contribution >= 0.6 is 0 Å². The molecule has 0 spiro atoms. The highest BCUT2D eigenvalue weighted by Gasteiger charge is 2.56.